The van der Waals surface area contributed by atoms with Gasteiger partial charge in [0.2, 0.25) is 3.70 Å². The maximum Gasteiger partial charge on any atom is 0.365 e. The molecule has 98 valence electrons. The molecule has 0 fully saturated rings. The summed E-state index contributed by atoms with van der Waals surface area (Å²) in [4.78, 5) is 24.3. The molecule has 0 spiro atoms. The molecular weight excluding hydrogens is 365 g/mol. The smallest absolute Gasteiger partial charge is 0.365 e. The van der Waals surface area contributed by atoms with E-state index in [1.165, 1.54) is 0 Å². The van der Waals surface area contributed by atoms with Crippen molar-refractivity contribution in [3.8, 4) is 0 Å². The van der Waals surface area contributed by atoms with Crippen LogP contribution in [0.1, 0.15) is 17.6 Å². The van der Waals surface area contributed by atoms with Crippen LogP contribution < -0.4 is 0 Å². The molecule has 0 aliphatic heterocycles. The van der Waals surface area contributed by atoms with Crippen molar-refractivity contribution in [3.63, 3.8) is 0 Å². The van der Waals surface area contributed by atoms with E-state index in [2.05, 4.69) is 9.72 Å². The van der Waals surface area contributed by atoms with Gasteiger partial charge in [0.25, 0.3) is 6.43 Å². The Bertz CT molecular complexity index is 496. The van der Waals surface area contributed by atoms with Crippen LogP contribution in [-0.2, 0) is 16.0 Å². The Morgan fingerprint density at radius 1 is 1.67 bits per heavy atom. The summed E-state index contributed by atoms with van der Waals surface area (Å²) in [5.74, 6) is -1.39. The summed E-state index contributed by atoms with van der Waals surface area (Å²) in [6, 6.07) is 0.672. The number of carbonyl (C=O) groups is 1. The number of pyridine rings is 1. The average Bonchev–Trinajstić information content (AvgIpc) is 2.30. The highest BCUT2D eigenvalue weighted by Gasteiger charge is 2.25. The third kappa shape index (κ3) is 3.31. The normalized spacial score (nSPS) is 10.5. The predicted octanol–water partition coefficient (Wildman–Crippen LogP) is 2.25. The summed E-state index contributed by atoms with van der Waals surface area (Å²) in [5.41, 5.74) is -0.630. The molecule has 0 atom stereocenters. The lowest BCUT2D eigenvalue weighted by atomic mass is 10.1. The number of rotatable bonds is 4. The third-order valence-corrected chi connectivity index (χ3v) is 2.96. The number of carbonyl (C=O) groups excluding carboxylic acids is 1. The van der Waals surface area contributed by atoms with Gasteiger partial charge < -0.3 is 14.9 Å². The van der Waals surface area contributed by atoms with E-state index in [-0.39, 0.29) is 9.26 Å². The Labute approximate surface area is 114 Å². The fourth-order valence-electron chi connectivity index (χ4n) is 1.23. The van der Waals surface area contributed by atoms with Crippen molar-refractivity contribution in [3.05, 3.63) is 31.0 Å². The number of esters is 1. The number of hydrogen-bond donors (Lipinski definition) is 0. The minimum Gasteiger partial charge on any atom is -0.469 e. The number of aromatic nitrogens is 1. The largest absolute Gasteiger partial charge is 0.469 e. The molecule has 0 saturated carbocycles. The molecular formula is C9H7F2IN2O4. The van der Waals surface area contributed by atoms with Gasteiger partial charge in [-0.3, -0.25) is 4.79 Å². The molecule has 0 unspecified atom stereocenters. The van der Waals surface area contributed by atoms with Gasteiger partial charge in [-0.2, -0.15) is 0 Å². The standard InChI is InChI=1S/C9H7F2IN2O4/c1-18-7(15)3-5-4(8(10)11)2-6(14(16)17)13-9(5)12/h2,8H,3H2,1H3. The molecule has 0 bridgehead atoms. The van der Waals surface area contributed by atoms with Crippen LogP contribution in [0.15, 0.2) is 6.07 Å². The van der Waals surface area contributed by atoms with Crippen LogP contribution in [0, 0.1) is 13.8 Å². The first-order chi connectivity index (χ1) is 8.36. The first kappa shape index (κ1) is 14.7. The summed E-state index contributed by atoms with van der Waals surface area (Å²) in [7, 11) is 1.12. The average molecular weight is 372 g/mol. The van der Waals surface area contributed by atoms with E-state index in [0.29, 0.717) is 6.07 Å². The van der Waals surface area contributed by atoms with Crippen LogP contribution in [0.3, 0.4) is 0 Å². The minimum atomic E-state index is -2.93. The van der Waals surface area contributed by atoms with E-state index in [1.807, 2.05) is 0 Å². The maximum atomic E-state index is 12.8. The molecule has 0 aliphatic carbocycles. The molecule has 0 saturated heterocycles. The van der Waals surface area contributed by atoms with Crippen LogP contribution in [0.4, 0.5) is 14.6 Å². The molecule has 6 nitrogen and oxygen atoms in total. The monoisotopic (exact) mass is 372 g/mol. The molecule has 0 amide bonds. The summed E-state index contributed by atoms with van der Waals surface area (Å²) >= 11 is 1.57. The van der Waals surface area contributed by atoms with Crippen LogP contribution in [0.5, 0.6) is 0 Å². The zero-order chi connectivity index (χ0) is 13.9. The van der Waals surface area contributed by atoms with Gasteiger partial charge in [0.15, 0.2) is 0 Å². The van der Waals surface area contributed by atoms with Crippen molar-refractivity contribution in [1.29, 1.82) is 0 Å². The highest BCUT2D eigenvalue weighted by Crippen LogP contribution is 2.29. The summed E-state index contributed by atoms with van der Waals surface area (Å²) < 4.78 is 30.0. The van der Waals surface area contributed by atoms with E-state index in [4.69, 9.17) is 0 Å². The van der Waals surface area contributed by atoms with Crippen molar-refractivity contribution in [2.24, 2.45) is 0 Å². The number of ether oxygens (including phenoxy) is 1. The lowest BCUT2D eigenvalue weighted by Crippen LogP contribution is -2.11. The minimum absolute atomic E-state index is 0.0116. The highest BCUT2D eigenvalue weighted by atomic mass is 127. The number of alkyl halides is 2. The van der Waals surface area contributed by atoms with E-state index in [1.54, 1.807) is 22.6 Å². The van der Waals surface area contributed by atoms with Crippen molar-refractivity contribution in [1.82, 2.24) is 4.98 Å². The lowest BCUT2D eigenvalue weighted by Gasteiger charge is -2.07. The Morgan fingerprint density at radius 3 is 2.72 bits per heavy atom. The van der Waals surface area contributed by atoms with E-state index in [0.717, 1.165) is 7.11 Å². The Morgan fingerprint density at radius 2 is 2.28 bits per heavy atom. The quantitative estimate of drug-likeness (QED) is 0.266. The van der Waals surface area contributed by atoms with Crippen LogP contribution in [0.25, 0.3) is 0 Å². The lowest BCUT2D eigenvalue weighted by molar-refractivity contribution is -0.389. The predicted molar refractivity (Wildman–Crippen MR) is 64.3 cm³/mol. The summed E-state index contributed by atoms with van der Waals surface area (Å²) in [6.45, 7) is 0. The first-order valence-corrected chi connectivity index (χ1v) is 5.63. The second-order valence-electron chi connectivity index (χ2n) is 3.15. The molecule has 18 heavy (non-hydrogen) atoms. The van der Waals surface area contributed by atoms with Gasteiger partial charge in [-0.25, -0.2) is 8.78 Å². The van der Waals surface area contributed by atoms with Gasteiger partial charge in [-0.05, 0) is 9.91 Å². The second-order valence-corrected chi connectivity index (χ2v) is 4.17. The summed E-state index contributed by atoms with van der Waals surface area (Å²) in [5, 5.41) is 10.5. The molecule has 9 heteroatoms. The molecule has 0 radical (unpaired) electrons. The number of nitrogens with zero attached hydrogens (tertiary/aromatic N) is 2. The van der Waals surface area contributed by atoms with Gasteiger partial charge in [-0.1, -0.05) is 0 Å². The van der Waals surface area contributed by atoms with Gasteiger partial charge >= 0.3 is 11.8 Å². The molecule has 0 N–H and O–H groups in total. The van der Waals surface area contributed by atoms with E-state index in [9.17, 15) is 23.7 Å². The molecule has 1 heterocycles. The number of methoxy groups -OCH3 is 1. The second kappa shape index (κ2) is 5.98. The van der Waals surface area contributed by atoms with Crippen molar-refractivity contribution < 1.29 is 23.2 Å². The van der Waals surface area contributed by atoms with Crippen LogP contribution >= 0.6 is 22.6 Å². The van der Waals surface area contributed by atoms with Crippen molar-refractivity contribution in [2.75, 3.05) is 7.11 Å². The molecule has 0 aliphatic rings. The first-order valence-electron chi connectivity index (χ1n) is 4.55. The van der Waals surface area contributed by atoms with Gasteiger partial charge in [0, 0.05) is 39.8 Å². The number of nitro groups is 1. The topological polar surface area (TPSA) is 82.3 Å². The fourth-order valence-corrected chi connectivity index (χ4v) is 1.97. The van der Waals surface area contributed by atoms with E-state index < -0.39 is 35.1 Å². The molecule has 0 aromatic carbocycles. The Hall–Kier alpha value is -1.39. The van der Waals surface area contributed by atoms with Gasteiger partial charge in [-0.15, -0.1) is 0 Å². The van der Waals surface area contributed by atoms with Crippen LogP contribution in [-0.4, -0.2) is 23.0 Å². The van der Waals surface area contributed by atoms with Crippen molar-refractivity contribution >= 4 is 34.4 Å². The maximum absolute atomic E-state index is 12.8. The zero-order valence-corrected chi connectivity index (χ0v) is 11.2. The molecule has 1 aromatic rings. The SMILES string of the molecule is COC(=O)Cc1c(C(F)F)cc([N+](=O)[O-])nc1I. The number of halogens is 3. The fraction of sp³-hybridized carbons (Fsp3) is 0.333. The van der Waals surface area contributed by atoms with Gasteiger partial charge in [0.05, 0.1) is 13.5 Å². The molecule has 1 aromatic heterocycles. The van der Waals surface area contributed by atoms with Crippen LogP contribution in [0.2, 0.25) is 0 Å². The van der Waals surface area contributed by atoms with Crippen molar-refractivity contribution in [2.45, 2.75) is 12.8 Å². The molecule has 1 rings (SSSR count). The Balaban J connectivity index is 3.31. The third-order valence-electron chi connectivity index (χ3n) is 2.07. The number of hydrogen-bond acceptors (Lipinski definition) is 5. The van der Waals surface area contributed by atoms with E-state index >= 15 is 0 Å². The highest BCUT2D eigenvalue weighted by molar-refractivity contribution is 14.1. The van der Waals surface area contributed by atoms with Gasteiger partial charge in [0.1, 0.15) is 0 Å². The zero-order valence-electron chi connectivity index (χ0n) is 9.02. The Kier molecular flexibility index (Phi) is 4.87. The summed E-state index contributed by atoms with van der Waals surface area (Å²) in [6.07, 6.45) is -3.33.